The molecule has 134 valence electrons. The van der Waals surface area contributed by atoms with Gasteiger partial charge in [-0.05, 0) is 39.0 Å². The molecule has 0 bridgehead atoms. The van der Waals surface area contributed by atoms with Crippen molar-refractivity contribution in [3.8, 4) is 0 Å². The number of aromatic nitrogens is 2. The van der Waals surface area contributed by atoms with Crippen molar-refractivity contribution in [2.75, 3.05) is 0 Å². The van der Waals surface area contributed by atoms with Gasteiger partial charge in [0.2, 0.25) is 0 Å². The summed E-state index contributed by atoms with van der Waals surface area (Å²) in [4.78, 5) is 0. The van der Waals surface area contributed by atoms with E-state index in [0.29, 0.717) is 13.0 Å². The third-order valence-corrected chi connectivity index (χ3v) is 2.82. The number of hydrogen-bond donors (Lipinski definition) is 0. The zero-order valence-corrected chi connectivity index (χ0v) is 16.3. The van der Waals surface area contributed by atoms with Crippen LogP contribution in [0.5, 0.6) is 0 Å². The molecule has 23 heavy (non-hydrogen) atoms. The van der Waals surface area contributed by atoms with Gasteiger partial charge in [-0.1, -0.05) is 41.5 Å². The van der Waals surface area contributed by atoms with Crippen molar-refractivity contribution in [1.82, 2.24) is 9.78 Å². The fourth-order valence-corrected chi connectivity index (χ4v) is 1.85. The molecule has 0 fully saturated rings. The van der Waals surface area contributed by atoms with Gasteiger partial charge in [-0.25, -0.2) is 8.78 Å². The van der Waals surface area contributed by atoms with Gasteiger partial charge in [0.05, 0.1) is 11.2 Å². The maximum absolute atomic E-state index is 13.4. The van der Waals surface area contributed by atoms with E-state index in [-0.39, 0.29) is 5.82 Å². The van der Waals surface area contributed by atoms with E-state index in [2.05, 4.69) is 5.10 Å². The molecule has 0 saturated heterocycles. The number of benzene rings is 1. The van der Waals surface area contributed by atoms with Crippen LogP contribution in [0.4, 0.5) is 8.78 Å². The average molecular weight is 328 g/mol. The molecule has 0 atom stereocenters. The molecule has 0 aliphatic rings. The first-order valence-electron chi connectivity index (χ1n) is 8.68. The van der Waals surface area contributed by atoms with Crippen LogP contribution in [0.1, 0.15) is 67.5 Å². The summed E-state index contributed by atoms with van der Waals surface area (Å²) in [7, 11) is 0. The van der Waals surface area contributed by atoms with Crippen molar-refractivity contribution >= 4 is 10.9 Å². The summed E-state index contributed by atoms with van der Waals surface area (Å²) >= 11 is 0. The summed E-state index contributed by atoms with van der Waals surface area (Å²) in [6, 6.07) is 4.56. The number of aryl methyl sites for hydroxylation is 2. The zero-order chi connectivity index (χ0) is 18.6. The first kappa shape index (κ1) is 23.8. The molecule has 0 aliphatic heterocycles. The molecule has 0 saturated carbocycles. The van der Waals surface area contributed by atoms with Gasteiger partial charge in [-0.2, -0.15) is 5.10 Å². The molecule has 2 aromatic rings. The molecule has 1 heterocycles. The third kappa shape index (κ3) is 8.10. The molecule has 0 amide bonds. The van der Waals surface area contributed by atoms with Crippen molar-refractivity contribution < 1.29 is 8.78 Å². The van der Waals surface area contributed by atoms with Gasteiger partial charge in [-0.3, -0.25) is 4.68 Å². The Hall–Kier alpha value is -1.45. The van der Waals surface area contributed by atoms with Crippen molar-refractivity contribution in [2.45, 2.75) is 80.9 Å². The lowest BCUT2D eigenvalue weighted by Crippen LogP contribution is -2.16. The van der Waals surface area contributed by atoms with Gasteiger partial charge in [0.25, 0.3) is 0 Å². The number of fused-ring (bicyclic) bond motifs is 1. The van der Waals surface area contributed by atoms with Crippen LogP contribution >= 0.6 is 0 Å². The molecule has 2 nitrogen and oxygen atoms in total. The Morgan fingerprint density at radius 2 is 1.57 bits per heavy atom. The molecule has 2 rings (SSSR count). The van der Waals surface area contributed by atoms with Gasteiger partial charge < -0.3 is 0 Å². The topological polar surface area (TPSA) is 17.8 Å². The van der Waals surface area contributed by atoms with Crippen LogP contribution in [-0.2, 0) is 6.54 Å². The van der Waals surface area contributed by atoms with E-state index in [4.69, 9.17) is 0 Å². The van der Waals surface area contributed by atoms with Crippen LogP contribution in [0, 0.1) is 12.7 Å². The fraction of sp³-hybridized carbons (Fsp3) is 0.632. The first-order valence-corrected chi connectivity index (χ1v) is 8.68. The van der Waals surface area contributed by atoms with Crippen LogP contribution in [-0.4, -0.2) is 15.4 Å². The molecule has 0 spiro atoms. The van der Waals surface area contributed by atoms with Crippen molar-refractivity contribution in [3.63, 3.8) is 0 Å². The molecule has 0 unspecified atom stereocenters. The van der Waals surface area contributed by atoms with E-state index in [1.165, 1.54) is 12.1 Å². The van der Waals surface area contributed by atoms with Crippen molar-refractivity contribution in [2.24, 2.45) is 0 Å². The third-order valence-electron chi connectivity index (χ3n) is 2.82. The monoisotopic (exact) mass is 328 g/mol. The Morgan fingerprint density at radius 3 is 2.04 bits per heavy atom. The Labute approximate surface area is 140 Å². The number of halogens is 2. The normalized spacial score (nSPS) is 9.87. The van der Waals surface area contributed by atoms with Gasteiger partial charge >= 0.3 is 0 Å². The highest BCUT2D eigenvalue weighted by Gasteiger charge is 2.16. The second-order valence-electron chi connectivity index (χ2n) is 4.94. The van der Waals surface area contributed by atoms with E-state index in [1.54, 1.807) is 24.6 Å². The van der Waals surface area contributed by atoms with Crippen LogP contribution in [0.2, 0.25) is 0 Å². The fourth-order valence-electron chi connectivity index (χ4n) is 1.85. The summed E-state index contributed by atoms with van der Waals surface area (Å²) < 4.78 is 28.3. The van der Waals surface area contributed by atoms with E-state index >= 15 is 0 Å². The lowest BCUT2D eigenvalue weighted by Gasteiger charge is -2.13. The summed E-state index contributed by atoms with van der Waals surface area (Å²) in [6.45, 7) is 17.4. The van der Waals surface area contributed by atoms with E-state index in [9.17, 15) is 8.78 Å². The minimum Gasteiger partial charge on any atom is -0.264 e. The highest BCUT2D eigenvalue weighted by Crippen LogP contribution is 2.21. The maximum Gasteiger partial charge on any atom is 0.124 e. The van der Waals surface area contributed by atoms with E-state index in [1.807, 2.05) is 48.5 Å². The Morgan fingerprint density at radius 1 is 1.04 bits per heavy atom. The molecular weight excluding hydrogens is 294 g/mol. The Balaban J connectivity index is 0. The second-order valence-corrected chi connectivity index (χ2v) is 4.94. The molecular formula is C19H34F2N2. The zero-order valence-electron chi connectivity index (χ0n) is 16.3. The van der Waals surface area contributed by atoms with Gasteiger partial charge in [0, 0.05) is 18.4 Å². The number of nitrogens with zero attached hydrogens (tertiary/aromatic N) is 2. The average Bonchev–Trinajstić information content (AvgIpc) is 2.86. The molecule has 0 N–H and O–H groups in total. The van der Waals surface area contributed by atoms with Gasteiger partial charge in [0.15, 0.2) is 0 Å². The minimum absolute atomic E-state index is 0.272. The minimum atomic E-state index is -1.22. The van der Waals surface area contributed by atoms with Gasteiger partial charge in [-0.15, -0.1) is 0 Å². The molecule has 4 heteroatoms. The van der Waals surface area contributed by atoms with Crippen LogP contribution < -0.4 is 0 Å². The van der Waals surface area contributed by atoms with Crippen molar-refractivity contribution in [3.05, 3.63) is 29.7 Å². The predicted octanol–water partition coefficient (Wildman–Crippen LogP) is 6.70. The standard InChI is InChI=1S/C13H16F2N2.3C2H6/c1-9-11-8-10(14)4-5-12(11)17(16-9)7-6-13(2,3)15;3*1-2/h4-5,8H,6-7H2,1-3H3;3*1-2H3. The molecule has 1 aromatic carbocycles. The Kier molecular flexibility index (Phi) is 12.5. The highest BCUT2D eigenvalue weighted by atomic mass is 19.1. The summed E-state index contributed by atoms with van der Waals surface area (Å²) in [5, 5.41) is 5.11. The molecule has 0 radical (unpaired) electrons. The summed E-state index contributed by atoms with van der Waals surface area (Å²) in [5.74, 6) is -0.272. The predicted molar refractivity (Wildman–Crippen MR) is 98.3 cm³/mol. The highest BCUT2D eigenvalue weighted by molar-refractivity contribution is 5.81. The quantitative estimate of drug-likeness (QED) is 0.613. The van der Waals surface area contributed by atoms with Crippen LogP contribution in [0.3, 0.4) is 0 Å². The SMILES string of the molecule is CC.CC.CC.Cc1nn(CCC(C)(C)F)c2ccc(F)cc12. The maximum atomic E-state index is 13.4. The number of alkyl halides is 1. The molecule has 1 aromatic heterocycles. The van der Waals surface area contributed by atoms with Crippen LogP contribution in [0.15, 0.2) is 18.2 Å². The molecule has 0 aliphatic carbocycles. The largest absolute Gasteiger partial charge is 0.264 e. The first-order chi connectivity index (χ1) is 10.9. The summed E-state index contributed by atoms with van der Waals surface area (Å²) in [5.41, 5.74) is 0.413. The van der Waals surface area contributed by atoms with E-state index in [0.717, 1.165) is 16.6 Å². The Bertz CT molecular complexity index is 540. The van der Waals surface area contributed by atoms with Crippen molar-refractivity contribution in [1.29, 1.82) is 0 Å². The van der Waals surface area contributed by atoms with Gasteiger partial charge in [0.1, 0.15) is 11.5 Å². The van der Waals surface area contributed by atoms with Crippen LogP contribution in [0.25, 0.3) is 10.9 Å². The summed E-state index contributed by atoms with van der Waals surface area (Å²) in [6.07, 6.45) is 0.389. The smallest absolute Gasteiger partial charge is 0.124 e. The number of rotatable bonds is 3. The lowest BCUT2D eigenvalue weighted by atomic mass is 10.1. The number of hydrogen-bond acceptors (Lipinski definition) is 1. The second kappa shape index (κ2) is 12.0. The van der Waals surface area contributed by atoms with E-state index < -0.39 is 5.67 Å². The lowest BCUT2D eigenvalue weighted by molar-refractivity contribution is 0.190.